The Labute approximate surface area is 207 Å². The van der Waals surface area contributed by atoms with Crippen molar-refractivity contribution in [1.82, 2.24) is 9.80 Å². The summed E-state index contributed by atoms with van der Waals surface area (Å²) < 4.78 is 13.4. The summed E-state index contributed by atoms with van der Waals surface area (Å²) in [4.78, 5) is 41.5. The molecule has 7 nitrogen and oxygen atoms in total. The molecule has 0 unspecified atom stereocenters. The Morgan fingerprint density at radius 2 is 1.77 bits per heavy atom. The molecule has 0 N–H and O–H groups in total. The summed E-state index contributed by atoms with van der Waals surface area (Å²) in [6.07, 6.45) is 0. The van der Waals surface area contributed by atoms with E-state index in [1.165, 1.54) is 41.3 Å². The molecule has 0 fully saturated rings. The van der Waals surface area contributed by atoms with Crippen molar-refractivity contribution in [3.05, 3.63) is 97.5 Å². The first-order valence-electron chi connectivity index (χ1n) is 11.2. The van der Waals surface area contributed by atoms with Crippen LogP contribution in [0.4, 0.5) is 10.1 Å². The molecular weight excluding hydrogens is 469 g/mol. The molecule has 3 rings (SSSR count). The van der Waals surface area contributed by atoms with Crippen LogP contribution in [0.1, 0.15) is 40.2 Å². The Balaban J connectivity index is 1.86. The molecular formula is C26H28FN3O4S. The lowest BCUT2D eigenvalue weighted by atomic mass is 10.1. The van der Waals surface area contributed by atoms with Crippen LogP contribution in [0.25, 0.3) is 0 Å². The third kappa shape index (κ3) is 7.19. The highest BCUT2D eigenvalue weighted by Gasteiger charge is 2.25. The van der Waals surface area contributed by atoms with Gasteiger partial charge in [-0.05, 0) is 53.6 Å². The third-order valence-electron chi connectivity index (χ3n) is 5.44. The summed E-state index contributed by atoms with van der Waals surface area (Å²) in [6, 6.07) is 13.5. The standard InChI is InChI=1S/C26H28FN3O4S/c1-18(2)14-29(26(32)21-5-4-6-23(13-21)30(33)34)17-25(31)28(16-24-19(3)11-12-35-24)15-20-7-9-22(27)10-8-20/h4-13,18H,14-17H2,1-3H3. The van der Waals surface area contributed by atoms with Crippen molar-refractivity contribution in [2.45, 2.75) is 33.9 Å². The Kier molecular flexibility index (Phi) is 8.70. The SMILES string of the molecule is Cc1ccsc1CN(Cc1ccc(F)cc1)C(=O)CN(CC(C)C)C(=O)c1cccc([N+](=O)[O-])c1. The van der Waals surface area contributed by atoms with Crippen LogP contribution in [-0.2, 0) is 17.9 Å². The lowest BCUT2D eigenvalue weighted by Crippen LogP contribution is -2.43. The van der Waals surface area contributed by atoms with Gasteiger partial charge in [0.2, 0.25) is 5.91 Å². The molecule has 184 valence electrons. The van der Waals surface area contributed by atoms with Gasteiger partial charge in [-0.25, -0.2) is 4.39 Å². The summed E-state index contributed by atoms with van der Waals surface area (Å²) in [5.74, 6) is -0.978. The Hall–Kier alpha value is -3.59. The van der Waals surface area contributed by atoms with E-state index >= 15 is 0 Å². The van der Waals surface area contributed by atoms with E-state index < -0.39 is 10.8 Å². The smallest absolute Gasteiger partial charge is 0.270 e. The van der Waals surface area contributed by atoms with Crippen LogP contribution in [-0.4, -0.2) is 39.6 Å². The first-order valence-corrected chi connectivity index (χ1v) is 12.1. The van der Waals surface area contributed by atoms with E-state index in [1.54, 1.807) is 28.4 Å². The number of benzene rings is 2. The quantitative estimate of drug-likeness (QED) is 0.276. The Bertz CT molecular complexity index is 1190. The molecule has 2 amide bonds. The van der Waals surface area contributed by atoms with Crippen molar-refractivity contribution in [3.8, 4) is 0 Å². The van der Waals surface area contributed by atoms with Gasteiger partial charge in [0.1, 0.15) is 12.4 Å². The number of nitro benzene ring substituents is 1. The van der Waals surface area contributed by atoms with Gasteiger partial charge < -0.3 is 9.80 Å². The van der Waals surface area contributed by atoms with E-state index in [1.807, 2.05) is 32.2 Å². The fraction of sp³-hybridized carbons (Fsp3) is 0.308. The molecule has 0 bridgehead atoms. The van der Waals surface area contributed by atoms with Crippen LogP contribution < -0.4 is 0 Å². The van der Waals surface area contributed by atoms with Crippen LogP contribution in [0.3, 0.4) is 0 Å². The van der Waals surface area contributed by atoms with Crippen LogP contribution in [0.15, 0.2) is 60.0 Å². The molecule has 0 saturated heterocycles. The van der Waals surface area contributed by atoms with Gasteiger partial charge in [-0.2, -0.15) is 0 Å². The second-order valence-corrected chi connectivity index (χ2v) is 9.79. The lowest BCUT2D eigenvalue weighted by Gasteiger charge is -2.29. The van der Waals surface area contributed by atoms with Crippen molar-refractivity contribution in [2.24, 2.45) is 5.92 Å². The molecule has 0 atom stereocenters. The van der Waals surface area contributed by atoms with Crippen LogP contribution in [0.2, 0.25) is 0 Å². The Morgan fingerprint density at radius 3 is 2.37 bits per heavy atom. The summed E-state index contributed by atoms with van der Waals surface area (Å²) in [5.41, 5.74) is 1.82. The highest BCUT2D eigenvalue weighted by molar-refractivity contribution is 7.10. The molecule has 1 heterocycles. The fourth-order valence-electron chi connectivity index (χ4n) is 3.64. The van der Waals surface area contributed by atoms with Crippen LogP contribution >= 0.6 is 11.3 Å². The molecule has 1 aromatic heterocycles. The number of thiophene rings is 1. The molecule has 2 aromatic carbocycles. The largest absolute Gasteiger partial charge is 0.332 e. The van der Waals surface area contributed by atoms with E-state index in [0.717, 1.165) is 16.0 Å². The van der Waals surface area contributed by atoms with E-state index in [2.05, 4.69) is 0 Å². The number of hydrogen-bond donors (Lipinski definition) is 0. The van der Waals surface area contributed by atoms with E-state index in [0.29, 0.717) is 13.1 Å². The molecule has 0 saturated carbocycles. The van der Waals surface area contributed by atoms with E-state index in [9.17, 15) is 24.1 Å². The molecule has 0 aliphatic carbocycles. The van der Waals surface area contributed by atoms with Gasteiger partial charge in [-0.3, -0.25) is 19.7 Å². The summed E-state index contributed by atoms with van der Waals surface area (Å²) in [5, 5.41) is 13.1. The minimum absolute atomic E-state index is 0.0792. The van der Waals surface area contributed by atoms with E-state index in [4.69, 9.17) is 0 Å². The number of non-ortho nitro benzene ring substituents is 1. The number of carbonyl (C=O) groups excluding carboxylic acids is 2. The normalized spacial score (nSPS) is 10.9. The van der Waals surface area contributed by atoms with Gasteiger partial charge in [-0.1, -0.05) is 32.0 Å². The van der Waals surface area contributed by atoms with Crippen molar-refractivity contribution >= 4 is 28.8 Å². The maximum atomic E-state index is 13.5. The fourth-order valence-corrected chi connectivity index (χ4v) is 4.56. The number of amides is 2. The van der Waals surface area contributed by atoms with Crippen molar-refractivity contribution in [2.75, 3.05) is 13.1 Å². The molecule has 0 aliphatic heterocycles. The topological polar surface area (TPSA) is 83.8 Å². The predicted molar refractivity (Wildman–Crippen MR) is 134 cm³/mol. The monoisotopic (exact) mass is 497 g/mol. The number of nitrogens with zero attached hydrogens (tertiary/aromatic N) is 3. The van der Waals surface area contributed by atoms with Gasteiger partial charge in [0.15, 0.2) is 0 Å². The Morgan fingerprint density at radius 1 is 1.06 bits per heavy atom. The minimum Gasteiger partial charge on any atom is -0.332 e. The molecule has 0 aliphatic rings. The van der Waals surface area contributed by atoms with Gasteiger partial charge >= 0.3 is 0 Å². The molecule has 9 heteroatoms. The van der Waals surface area contributed by atoms with Crippen LogP contribution in [0, 0.1) is 28.8 Å². The van der Waals surface area contributed by atoms with Crippen molar-refractivity contribution in [3.63, 3.8) is 0 Å². The first-order chi connectivity index (χ1) is 16.6. The lowest BCUT2D eigenvalue weighted by molar-refractivity contribution is -0.384. The highest BCUT2D eigenvalue weighted by atomic mass is 32.1. The average Bonchev–Trinajstić information content (AvgIpc) is 3.23. The van der Waals surface area contributed by atoms with Gasteiger partial charge in [0.25, 0.3) is 11.6 Å². The number of rotatable bonds is 10. The maximum absolute atomic E-state index is 13.5. The average molecular weight is 498 g/mol. The molecule has 0 radical (unpaired) electrons. The van der Waals surface area contributed by atoms with Gasteiger partial charge in [0.05, 0.1) is 11.5 Å². The van der Waals surface area contributed by atoms with Gasteiger partial charge in [-0.15, -0.1) is 11.3 Å². The molecule has 0 spiro atoms. The number of carbonyl (C=O) groups is 2. The number of nitro groups is 1. The second kappa shape index (κ2) is 11.7. The number of aryl methyl sites for hydroxylation is 1. The third-order valence-corrected chi connectivity index (χ3v) is 6.45. The predicted octanol–water partition coefficient (Wildman–Crippen LogP) is 5.43. The number of hydrogen-bond acceptors (Lipinski definition) is 5. The summed E-state index contributed by atoms with van der Waals surface area (Å²) in [7, 11) is 0. The molecule has 3 aromatic rings. The zero-order chi connectivity index (χ0) is 25.5. The minimum atomic E-state index is -0.553. The summed E-state index contributed by atoms with van der Waals surface area (Å²) in [6.45, 7) is 6.61. The molecule has 35 heavy (non-hydrogen) atoms. The van der Waals surface area contributed by atoms with Crippen molar-refractivity contribution in [1.29, 1.82) is 0 Å². The zero-order valence-corrected chi connectivity index (χ0v) is 20.8. The first kappa shape index (κ1) is 26.0. The second-order valence-electron chi connectivity index (χ2n) is 8.79. The van der Waals surface area contributed by atoms with Crippen molar-refractivity contribution < 1.29 is 18.9 Å². The maximum Gasteiger partial charge on any atom is 0.270 e. The van der Waals surface area contributed by atoms with Crippen LogP contribution in [0.5, 0.6) is 0 Å². The van der Waals surface area contributed by atoms with E-state index in [-0.39, 0.29) is 42.0 Å². The van der Waals surface area contributed by atoms with Gasteiger partial charge in [0, 0.05) is 35.7 Å². The number of halogens is 1. The highest BCUT2D eigenvalue weighted by Crippen LogP contribution is 2.21. The summed E-state index contributed by atoms with van der Waals surface area (Å²) >= 11 is 1.55. The zero-order valence-electron chi connectivity index (χ0n) is 19.9.